The zero-order chi connectivity index (χ0) is 13.0. The van der Waals surface area contributed by atoms with Gasteiger partial charge in [-0.25, -0.2) is 0 Å². The zero-order valence-corrected chi connectivity index (χ0v) is 10.7. The lowest BCUT2D eigenvalue weighted by Crippen LogP contribution is -2.33. The molecule has 6 heteroatoms. The van der Waals surface area contributed by atoms with E-state index in [4.69, 9.17) is 5.73 Å². The lowest BCUT2D eigenvalue weighted by Gasteiger charge is -2.09. The lowest BCUT2D eigenvalue weighted by atomic mass is 10.0. The van der Waals surface area contributed by atoms with Gasteiger partial charge < -0.3 is 10.5 Å². The molecule has 1 atom stereocenters. The summed E-state index contributed by atoms with van der Waals surface area (Å²) < 4.78 is 8.40. The van der Waals surface area contributed by atoms with E-state index in [1.54, 1.807) is 0 Å². The van der Waals surface area contributed by atoms with Gasteiger partial charge in [0.25, 0.3) is 0 Å². The Balaban J connectivity index is 2.06. The Bertz CT molecular complexity index is 511. The SMILES string of the molecule is COC(=O)C(N)Cc1ccc(-c2csnn2)cc1. The predicted molar refractivity (Wildman–Crippen MR) is 69.0 cm³/mol. The number of aromatic nitrogens is 2. The number of benzene rings is 1. The van der Waals surface area contributed by atoms with Gasteiger partial charge in [0.15, 0.2) is 0 Å². The minimum atomic E-state index is -0.623. The smallest absolute Gasteiger partial charge is 0.322 e. The predicted octanol–water partition coefficient (Wildman–Crippen LogP) is 1.25. The molecule has 5 nitrogen and oxygen atoms in total. The molecule has 0 aliphatic heterocycles. The number of ether oxygens (including phenoxy) is 1. The van der Waals surface area contributed by atoms with Gasteiger partial charge in [0, 0.05) is 10.9 Å². The number of nitrogens with zero attached hydrogens (tertiary/aromatic N) is 2. The summed E-state index contributed by atoms with van der Waals surface area (Å²) >= 11 is 1.31. The third kappa shape index (κ3) is 2.91. The van der Waals surface area contributed by atoms with Crippen LogP contribution >= 0.6 is 11.5 Å². The molecule has 94 valence electrons. The summed E-state index contributed by atoms with van der Waals surface area (Å²) in [6.45, 7) is 0. The first-order valence-electron chi connectivity index (χ1n) is 5.40. The number of carbonyl (C=O) groups is 1. The Hall–Kier alpha value is -1.79. The van der Waals surface area contributed by atoms with Crippen LogP contribution in [0.25, 0.3) is 11.3 Å². The van der Waals surface area contributed by atoms with Gasteiger partial charge in [-0.15, -0.1) is 5.10 Å². The highest BCUT2D eigenvalue weighted by atomic mass is 32.1. The molecule has 0 saturated heterocycles. The molecule has 0 aliphatic rings. The Morgan fingerprint density at radius 2 is 2.17 bits per heavy atom. The lowest BCUT2D eigenvalue weighted by molar-refractivity contribution is -0.142. The molecular formula is C12H13N3O2S. The Morgan fingerprint density at radius 1 is 1.44 bits per heavy atom. The fraction of sp³-hybridized carbons (Fsp3) is 0.250. The van der Waals surface area contributed by atoms with Crippen molar-refractivity contribution in [3.8, 4) is 11.3 Å². The summed E-state index contributed by atoms with van der Waals surface area (Å²) in [6, 6.07) is 7.11. The third-order valence-corrected chi connectivity index (χ3v) is 3.07. The van der Waals surface area contributed by atoms with Crippen LogP contribution in [0.4, 0.5) is 0 Å². The van der Waals surface area contributed by atoms with Crippen molar-refractivity contribution >= 4 is 17.5 Å². The summed E-state index contributed by atoms with van der Waals surface area (Å²) in [7, 11) is 1.33. The van der Waals surface area contributed by atoms with E-state index >= 15 is 0 Å². The van der Waals surface area contributed by atoms with Crippen LogP contribution in [-0.2, 0) is 16.0 Å². The number of methoxy groups -OCH3 is 1. The van der Waals surface area contributed by atoms with Crippen molar-refractivity contribution < 1.29 is 9.53 Å². The van der Waals surface area contributed by atoms with Crippen LogP contribution in [0.3, 0.4) is 0 Å². The molecule has 2 rings (SSSR count). The average Bonchev–Trinajstić information content (AvgIpc) is 2.92. The van der Waals surface area contributed by atoms with Crippen molar-refractivity contribution in [2.75, 3.05) is 7.11 Å². The van der Waals surface area contributed by atoms with E-state index in [0.717, 1.165) is 16.8 Å². The zero-order valence-electron chi connectivity index (χ0n) is 9.87. The molecule has 0 fully saturated rings. The number of nitrogens with two attached hydrogens (primary N) is 1. The molecule has 1 unspecified atom stereocenters. The quantitative estimate of drug-likeness (QED) is 0.840. The number of hydrogen-bond donors (Lipinski definition) is 1. The highest BCUT2D eigenvalue weighted by Gasteiger charge is 2.14. The van der Waals surface area contributed by atoms with Crippen LogP contribution in [-0.4, -0.2) is 28.7 Å². The van der Waals surface area contributed by atoms with Crippen LogP contribution < -0.4 is 5.73 Å². The monoisotopic (exact) mass is 263 g/mol. The van der Waals surface area contributed by atoms with Gasteiger partial charge >= 0.3 is 5.97 Å². The maximum absolute atomic E-state index is 11.2. The minimum Gasteiger partial charge on any atom is -0.468 e. The third-order valence-electron chi connectivity index (χ3n) is 2.57. The van der Waals surface area contributed by atoms with Gasteiger partial charge in [0.2, 0.25) is 0 Å². The summed E-state index contributed by atoms with van der Waals surface area (Å²) in [5, 5.41) is 5.87. The van der Waals surface area contributed by atoms with Crippen LogP contribution in [0.2, 0.25) is 0 Å². The maximum atomic E-state index is 11.2. The van der Waals surface area contributed by atoms with Gasteiger partial charge in [-0.05, 0) is 23.5 Å². The van der Waals surface area contributed by atoms with Crippen molar-refractivity contribution in [1.29, 1.82) is 0 Å². The number of carbonyl (C=O) groups excluding carboxylic acids is 1. The van der Waals surface area contributed by atoms with Crippen LogP contribution in [0.5, 0.6) is 0 Å². The van der Waals surface area contributed by atoms with Crippen molar-refractivity contribution in [3.63, 3.8) is 0 Å². The van der Waals surface area contributed by atoms with E-state index in [0.29, 0.717) is 6.42 Å². The van der Waals surface area contributed by atoms with E-state index in [1.165, 1.54) is 18.6 Å². The summed E-state index contributed by atoms with van der Waals surface area (Å²) in [6.07, 6.45) is 0.461. The molecule has 0 amide bonds. The normalized spacial score (nSPS) is 12.1. The number of hydrogen-bond acceptors (Lipinski definition) is 6. The average molecular weight is 263 g/mol. The molecule has 0 saturated carbocycles. The van der Waals surface area contributed by atoms with E-state index in [2.05, 4.69) is 14.3 Å². The first-order chi connectivity index (χ1) is 8.70. The second kappa shape index (κ2) is 5.70. The van der Waals surface area contributed by atoms with Gasteiger partial charge in [-0.1, -0.05) is 28.8 Å². The molecular weight excluding hydrogens is 250 g/mol. The summed E-state index contributed by atoms with van der Waals surface area (Å²) in [5.41, 5.74) is 8.53. The van der Waals surface area contributed by atoms with Gasteiger partial charge in [-0.3, -0.25) is 4.79 Å². The Kier molecular flexibility index (Phi) is 4.01. The minimum absolute atomic E-state index is 0.400. The van der Waals surface area contributed by atoms with E-state index in [1.807, 2.05) is 29.6 Å². The summed E-state index contributed by atoms with van der Waals surface area (Å²) in [4.78, 5) is 11.2. The molecule has 0 radical (unpaired) electrons. The maximum Gasteiger partial charge on any atom is 0.322 e. The van der Waals surface area contributed by atoms with Gasteiger partial charge in [0.1, 0.15) is 11.7 Å². The molecule has 2 aromatic rings. The van der Waals surface area contributed by atoms with E-state index in [-0.39, 0.29) is 0 Å². The fourth-order valence-electron chi connectivity index (χ4n) is 1.59. The number of esters is 1. The molecule has 18 heavy (non-hydrogen) atoms. The topological polar surface area (TPSA) is 78.1 Å². The molecule has 0 aliphatic carbocycles. The molecule has 0 spiro atoms. The molecule has 0 bridgehead atoms. The fourth-order valence-corrected chi connectivity index (χ4v) is 2.06. The Morgan fingerprint density at radius 3 is 2.72 bits per heavy atom. The van der Waals surface area contributed by atoms with Gasteiger partial charge in [0.05, 0.1) is 7.11 Å². The standard InChI is InChI=1S/C12H13N3O2S/c1-17-12(16)10(13)6-8-2-4-9(5-3-8)11-7-18-15-14-11/h2-5,7,10H,6,13H2,1H3. The van der Waals surface area contributed by atoms with Crippen molar-refractivity contribution in [3.05, 3.63) is 35.2 Å². The first-order valence-corrected chi connectivity index (χ1v) is 6.24. The Labute approximate surface area is 109 Å². The van der Waals surface area contributed by atoms with Crippen LogP contribution in [0, 0.1) is 0 Å². The summed E-state index contributed by atoms with van der Waals surface area (Å²) in [5.74, 6) is -0.400. The van der Waals surface area contributed by atoms with E-state index in [9.17, 15) is 4.79 Å². The number of rotatable bonds is 4. The highest BCUT2D eigenvalue weighted by molar-refractivity contribution is 7.03. The van der Waals surface area contributed by atoms with Crippen molar-refractivity contribution in [2.24, 2.45) is 5.73 Å². The first kappa shape index (κ1) is 12.7. The largest absolute Gasteiger partial charge is 0.468 e. The van der Waals surface area contributed by atoms with Crippen molar-refractivity contribution in [1.82, 2.24) is 9.59 Å². The van der Waals surface area contributed by atoms with Gasteiger partial charge in [-0.2, -0.15) is 0 Å². The van der Waals surface area contributed by atoms with Crippen LogP contribution in [0.1, 0.15) is 5.56 Å². The van der Waals surface area contributed by atoms with Crippen molar-refractivity contribution in [2.45, 2.75) is 12.5 Å². The molecule has 1 aromatic heterocycles. The highest BCUT2D eigenvalue weighted by Crippen LogP contribution is 2.18. The molecule has 1 aromatic carbocycles. The second-order valence-corrected chi connectivity index (χ2v) is 4.43. The van der Waals surface area contributed by atoms with Crippen LogP contribution in [0.15, 0.2) is 29.6 Å². The van der Waals surface area contributed by atoms with E-state index < -0.39 is 12.0 Å². The molecule has 1 heterocycles. The molecule has 2 N–H and O–H groups in total. The second-order valence-electron chi connectivity index (χ2n) is 3.82.